The SMILES string of the molecule is CCCc1ccccc1NC1=NC2c3ccccc3CC2N1.Cc1nc2ccccc2s1. The first-order valence-corrected chi connectivity index (χ1v) is 12.1. The van der Waals surface area contributed by atoms with E-state index in [2.05, 4.69) is 77.1 Å². The molecule has 1 aliphatic heterocycles. The molecule has 6 rings (SSSR count). The highest BCUT2D eigenvalue weighted by Gasteiger charge is 2.37. The maximum atomic E-state index is 4.88. The molecule has 162 valence electrons. The maximum absolute atomic E-state index is 4.88. The van der Waals surface area contributed by atoms with Crippen LogP contribution in [-0.2, 0) is 12.8 Å². The van der Waals surface area contributed by atoms with E-state index in [1.54, 1.807) is 11.3 Å². The number of hydrogen-bond acceptors (Lipinski definition) is 5. The van der Waals surface area contributed by atoms with E-state index in [0.29, 0.717) is 6.04 Å². The first-order valence-electron chi connectivity index (χ1n) is 11.3. The van der Waals surface area contributed by atoms with Crippen LogP contribution in [0.15, 0.2) is 77.8 Å². The standard InChI is InChI=1S/C19H21N3.C8H7NS/c1-2-7-13-8-4-6-11-16(13)20-19-21-17-12-14-9-3-5-10-15(14)18(17)22-19;1-6-9-7-4-2-3-5-8(7)10-6/h3-6,8-11,17-18H,2,7,12H2,1H3,(H2,20,21,22);2-5H,1H3. The van der Waals surface area contributed by atoms with Crippen LogP contribution in [0.4, 0.5) is 5.69 Å². The van der Waals surface area contributed by atoms with E-state index in [-0.39, 0.29) is 6.04 Å². The van der Waals surface area contributed by atoms with Crippen LogP contribution >= 0.6 is 11.3 Å². The summed E-state index contributed by atoms with van der Waals surface area (Å²) in [6.45, 7) is 4.24. The molecule has 2 atom stereocenters. The van der Waals surface area contributed by atoms with Crippen LogP contribution in [0.25, 0.3) is 10.2 Å². The molecule has 5 heteroatoms. The molecule has 0 bridgehead atoms. The number of thiazole rings is 1. The van der Waals surface area contributed by atoms with E-state index in [1.165, 1.54) is 27.1 Å². The van der Waals surface area contributed by atoms with Crippen LogP contribution in [0.5, 0.6) is 0 Å². The van der Waals surface area contributed by atoms with Crippen LogP contribution in [0.2, 0.25) is 0 Å². The lowest BCUT2D eigenvalue weighted by molar-refractivity contribution is 0.587. The first-order chi connectivity index (χ1) is 15.7. The summed E-state index contributed by atoms with van der Waals surface area (Å²) in [6.07, 6.45) is 3.30. The minimum Gasteiger partial charge on any atom is -0.351 e. The van der Waals surface area contributed by atoms with Gasteiger partial charge in [-0.05, 0) is 54.7 Å². The number of nitrogens with one attached hydrogen (secondary N) is 2. The van der Waals surface area contributed by atoms with Crippen molar-refractivity contribution in [2.75, 3.05) is 5.32 Å². The van der Waals surface area contributed by atoms with Crippen molar-refractivity contribution in [1.82, 2.24) is 10.3 Å². The van der Waals surface area contributed by atoms with Crippen LogP contribution in [0.3, 0.4) is 0 Å². The number of fused-ring (bicyclic) bond motifs is 4. The van der Waals surface area contributed by atoms with Crippen molar-refractivity contribution >= 4 is 33.2 Å². The molecule has 0 amide bonds. The summed E-state index contributed by atoms with van der Waals surface area (Å²) in [4.78, 5) is 9.21. The minimum atomic E-state index is 0.261. The zero-order valence-electron chi connectivity index (χ0n) is 18.5. The molecule has 1 aromatic heterocycles. The Morgan fingerprint density at radius 2 is 1.78 bits per heavy atom. The zero-order chi connectivity index (χ0) is 21.9. The van der Waals surface area contributed by atoms with E-state index in [0.717, 1.165) is 35.7 Å². The predicted molar refractivity (Wildman–Crippen MR) is 136 cm³/mol. The molecule has 4 nitrogen and oxygen atoms in total. The highest BCUT2D eigenvalue weighted by Crippen LogP contribution is 2.37. The molecule has 2 heterocycles. The number of anilines is 1. The Labute approximate surface area is 193 Å². The number of nitrogens with zero attached hydrogens (tertiary/aromatic N) is 2. The monoisotopic (exact) mass is 440 g/mol. The van der Waals surface area contributed by atoms with E-state index >= 15 is 0 Å². The molecule has 2 aliphatic rings. The molecule has 2 unspecified atom stereocenters. The second kappa shape index (κ2) is 9.13. The third-order valence-electron chi connectivity index (χ3n) is 5.98. The van der Waals surface area contributed by atoms with E-state index in [9.17, 15) is 0 Å². The third kappa shape index (κ3) is 4.26. The number of benzene rings is 3. The normalized spacial score (nSPS) is 18.2. The average Bonchev–Trinajstić information content (AvgIpc) is 3.47. The third-order valence-corrected chi connectivity index (χ3v) is 6.93. The molecule has 2 N–H and O–H groups in total. The molecule has 0 fully saturated rings. The van der Waals surface area contributed by atoms with Gasteiger partial charge in [0.1, 0.15) is 0 Å². The second-order valence-corrected chi connectivity index (χ2v) is 9.54. The number of hydrogen-bond donors (Lipinski definition) is 2. The molecule has 1 aliphatic carbocycles. The Bertz CT molecular complexity index is 1230. The van der Waals surface area contributed by atoms with Crippen molar-refractivity contribution < 1.29 is 0 Å². The van der Waals surface area contributed by atoms with Gasteiger partial charge in [0.05, 0.1) is 27.3 Å². The highest BCUT2D eigenvalue weighted by atomic mass is 32.1. The fraction of sp³-hybridized carbons (Fsp3) is 0.259. The van der Waals surface area contributed by atoms with Crippen LogP contribution in [-0.4, -0.2) is 17.0 Å². The van der Waals surface area contributed by atoms with Crippen LogP contribution < -0.4 is 10.6 Å². The number of aromatic nitrogens is 1. The van der Waals surface area contributed by atoms with Gasteiger partial charge in [-0.1, -0.05) is 67.9 Å². The zero-order valence-corrected chi connectivity index (χ0v) is 19.3. The molecular weight excluding hydrogens is 412 g/mol. The Morgan fingerprint density at radius 3 is 2.66 bits per heavy atom. The average molecular weight is 441 g/mol. The Hall–Kier alpha value is -3.18. The first kappa shape index (κ1) is 20.7. The number of para-hydroxylation sites is 2. The molecule has 0 saturated heterocycles. The van der Waals surface area contributed by atoms with Gasteiger partial charge in [0.15, 0.2) is 5.96 Å². The number of rotatable bonds is 3. The Balaban J connectivity index is 0.000000180. The molecule has 0 radical (unpaired) electrons. The van der Waals surface area contributed by atoms with Crippen LogP contribution in [0, 0.1) is 6.92 Å². The molecular formula is C27H28N4S. The number of aryl methyl sites for hydroxylation is 2. The van der Waals surface area contributed by atoms with Crippen molar-refractivity contribution in [3.05, 3.63) is 94.5 Å². The smallest absolute Gasteiger partial charge is 0.196 e. The van der Waals surface area contributed by atoms with Crippen molar-refractivity contribution in [2.45, 2.75) is 45.2 Å². The van der Waals surface area contributed by atoms with Gasteiger partial charge in [-0.25, -0.2) is 9.98 Å². The largest absolute Gasteiger partial charge is 0.351 e. The fourth-order valence-electron chi connectivity index (χ4n) is 4.53. The lowest BCUT2D eigenvalue weighted by Gasteiger charge is -2.13. The summed E-state index contributed by atoms with van der Waals surface area (Å²) in [5.74, 6) is 0.910. The Kier molecular flexibility index (Phi) is 5.91. The fourth-order valence-corrected chi connectivity index (χ4v) is 5.36. The van der Waals surface area contributed by atoms with E-state index in [1.807, 2.05) is 25.1 Å². The summed E-state index contributed by atoms with van der Waals surface area (Å²) < 4.78 is 1.28. The summed E-state index contributed by atoms with van der Waals surface area (Å²) in [5, 5.41) is 8.19. The van der Waals surface area contributed by atoms with Crippen LogP contribution in [0.1, 0.15) is 41.1 Å². The van der Waals surface area contributed by atoms with Gasteiger partial charge in [-0.15, -0.1) is 11.3 Å². The quantitative estimate of drug-likeness (QED) is 0.394. The summed E-state index contributed by atoms with van der Waals surface area (Å²) in [6, 6.07) is 26.0. The molecule has 3 aromatic carbocycles. The number of aliphatic imine (C=N–C) groups is 1. The van der Waals surface area contributed by atoms with Gasteiger partial charge in [-0.2, -0.15) is 0 Å². The molecule has 32 heavy (non-hydrogen) atoms. The van der Waals surface area contributed by atoms with Crippen molar-refractivity contribution in [3.63, 3.8) is 0 Å². The van der Waals surface area contributed by atoms with Crippen molar-refractivity contribution in [1.29, 1.82) is 0 Å². The van der Waals surface area contributed by atoms with Gasteiger partial charge >= 0.3 is 0 Å². The lowest BCUT2D eigenvalue weighted by atomic mass is 10.1. The predicted octanol–water partition coefficient (Wildman–Crippen LogP) is 6.28. The minimum absolute atomic E-state index is 0.261. The van der Waals surface area contributed by atoms with E-state index in [4.69, 9.17) is 4.99 Å². The van der Waals surface area contributed by atoms with Crippen molar-refractivity contribution in [2.24, 2.45) is 4.99 Å². The lowest BCUT2D eigenvalue weighted by Crippen LogP contribution is -2.34. The second-order valence-electron chi connectivity index (χ2n) is 8.31. The van der Waals surface area contributed by atoms with Crippen molar-refractivity contribution in [3.8, 4) is 0 Å². The highest BCUT2D eigenvalue weighted by molar-refractivity contribution is 7.18. The summed E-state index contributed by atoms with van der Waals surface area (Å²) in [7, 11) is 0. The summed E-state index contributed by atoms with van der Waals surface area (Å²) >= 11 is 1.74. The molecule has 0 saturated carbocycles. The van der Waals surface area contributed by atoms with Gasteiger partial charge < -0.3 is 10.6 Å². The molecule has 4 aromatic rings. The topological polar surface area (TPSA) is 49.3 Å². The molecule has 0 spiro atoms. The number of guanidine groups is 1. The van der Waals surface area contributed by atoms with Gasteiger partial charge in [0.25, 0.3) is 0 Å². The Morgan fingerprint density at radius 1 is 1.00 bits per heavy atom. The summed E-state index contributed by atoms with van der Waals surface area (Å²) in [5.41, 5.74) is 6.44. The maximum Gasteiger partial charge on any atom is 0.196 e. The van der Waals surface area contributed by atoms with E-state index < -0.39 is 0 Å². The van der Waals surface area contributed by atoms with Gasteiger partial charge in [0, 0.05) is 5.69 Å². The van der Waals surface area contributed by atoms with Gasteiger partial charge in [0.2, 0.25) is 0 Å². The van der Waals surface area contributed by atoms with Gasteiger partial charge in [-0.3, -0.25) is 0 Å².